The zero-order chi connectivity index (χ0) is 14.2. The van der Waals surface area contributed by atoms with Gasteiger partial charge in [0, 0.05) is 7.11 Å². The maximum atomic E-state index is 6.11. The Balaban J connectivity index is 4.55. The summed E-state index contributed by atoms with van der Waals surface area (Å²) < 4.78 is 11.4. The Labute approximate surface area is 115 Å². The highest BCUT2D eigenvalue weighted by Gasteiger charge is 2.33. The van der Waals surface area contributed by atoms with Crippen LogP contribution in [-0.4, -0.2) is 27.2 Å². The highest BCUT2D eigenvalue weighted by Crippen LogP contribution is 2.26. The molecule has 0 N–H and O–H groups in total. The topological polar surface area (TPSA) is 18.5 Å². The normalized spacial score (nSPS) is 15.4. The summed E-state index contributed by atoms with van der Waals surface area (Å²) in [6.45, 7) is 15.2. The molecule has 18 heavy (non-hydrogen) atoms. The van der Waals surface area contributed by atoms with E-state index in [0.717, 1.165) is 12.5 Å². The van der Waals surface area contributed by atoms with Crippen LogP contribution in [0.25, 0.3) is 0 Å². The molecule has 0 rings (SSSR count). The SMILES string of the molecule is C=C(C)C[Si](C)(C)C(CCCCC)OC(C)OC. The second kappa shape index (κ2) is 8.89. The lowest BCUT2D eigenvalue weighted by Gasteiger charge is -2.34. The van der Waals surface area contributed by atoms with Crippen molar-refractivity contribution in [2.75, 3.05) is 7.11 Å². The van der Waals surface area contributed by atoms with Gasteiger partial charge in [-0.15, -0.1) is 6.58 Å². The van der Waals surface area contributed by atoms with Gasteiger partial charge in [0.25, 0.3) is 0 Å². The van der Waals surface area contributed by atoms with E-state index < -0.39 is 8.07 Å². The van der Waals surface area contributed by atoms with E-state index >= 15 is 0 Å². The molecular weight excluding hydrogens is 240 g/mol. The summed E-state index contributed by atoms with van der Waals surface area (Å²) in [5.41, 5.74) is 1.65. The molecule has 0 spiro atoms. The van der Waals surface area contributed by atoms with Crippen LogP contribution >= 0.6 is 0 Å². The van der Waals surface area contributed by atoms with Gasteiger partial charge in [-0.3, -0.25) is 0 Å². The Morgan fingerprint density at radius 3 is 2.33 bits per heavy atom. The number of methoxy groups -OCH3 is 1. The first kappa shape index (κ1) is 17.9. The van der Waals surface area contributed by atoms with Crippen molar-refractivity contribution in [3.8, 4) is 0 Å². The van der Waals surface area contributed by atoms with E-state index in [9.17, 15) is 0 Å². The van der Waals surface area contributed by atoms with Crippen molar-refractivity contribution in [3.63, 3.8) is 0 Å². The van der Waals surface area contributed by atoms with Crippen molar-refractivity contribution >= 4 is 8.07 Å². The van der Waals surface area contributed by atoms with Crippen molar-refractivity contribution in [2.24, 2.45) is 0 Å². The van der Waals surface area contributed by atoms with Crippen molar-refractivity contribution in [3.05, 3.63) is 12.2 Å². The van der Waals surface area contributed by atoms with E-state index in [1.165, 1.54) is 24.8 Å². The highest BCUT2D eigenvalue weighted by molar-refractivity contribution is 6.79. The maximum Gasteiger partial charge on any atom is 0.154 e. The Kier molecular flexibility index (Phi) is 8.83. The molecule has 2 nitrogen and oxygen atoms in total. The second-order valence-corrected chi connectivity index (χ2v) is 11.0. The van der Waals surface area contributed by atoms with Crippen LogP contribution in [0.15, 0.2) is 12.2 Å². The third-order valence-corrected chi connectivity index (χ3v) is 7.07. The summed E-state index contributed by atoms with van der Waals surface area (Å²) >= 11 is 0. The fraction of sp³-hybridized carbons (Fsp3) is 0.867. The number of unbranched alkanes of at least 4 members (excludes halogenated alkanes) is 2. The van der Waals surface area contributed by atoms with E-state index in [1.807, 2.05) is 6.92 Å². The van der Waals surface area contributed by atoms with E-state index in [1.54, 1.807) is 7.11 Å². The first-order valence-electron chi connectivity index (χ1n) is 7.16. The summed E-state index contributed by atoms with van der Waals surface area (Å²) in [6, 6.07) is 1.14. The number of allylic oxidation sites excluding steroid dienone is 1. The lowest BCUT2D eigenvalue weighted by Crippen LogP contribution is -2.45. The Morgan fingerprint density at radius 2 is 1.89 bits per heavy atom. The van der Waals surface area contributed by atoms with Gasteiger partial charge in [-0.05, 0) is 26.3 Å². The molecule has 0 aliphatic heterocycles. The van der Waals surface area contributed by atoms with Gasteiger partial charge in [-0.2, -0.15) is 0 Å². The molecule has 0 saturated carbocycles. The van der Waals surface area contributed by atoms with Gasteiger partial charge in [-0.25, -0.2) is 0 Å². The van der Waals surface area contributed by atoms with Crippen molar-refractivity contribution in [1.29, 1.82) is 0 Å². The number of ether oxygens (including phenoxy) is 2. The standard InChI is InChI=1S/C15H32O2Si/c1-8-9-10-11-15(17-14(4)16-5)18(6,7)12-13(2)3/h14-15H,2,8-12H2,1,3-7H3. The molecule has 0 heterocycles. The third kappa shape index (κ3) is 7.34. The molecule has 3 heteroatoms. The lowest BCUT2D eigenvalue weighted by atomic mass is 10.2. The molecule has 0 radical (unpaired) electrons. The van der Waals surface area contributed by atoms with Crippen LogP contribution in [0.1, 0.15) is 46.5 Å². The third-order valence-electron chi connectivity index (χ3n) is 3.39. The predicted octanol–water partition coefficient (Wildman–Crippen LogP) is 4.77. The minimum absolute atomic E-state index is 0.103. The zero-order valence-electron chi connectivity index (χ0n) is 13.2. The minimum Gasteiger partial charge on any atom is -0.356 e. The number of hydrogen-bond acceptors (Lipinski definition) is 2. The van der Waals surface area contributed by atoms with Crippen molar-refractivity contribution in [1.82, 2.24) is 0 Å². The van der Waals surface area contributed by atoms with Crippen LogP contribution in [0.4, 0.5) is 0 Å². The average molecular weight is 273 g/mol. The van der Waals surface area contributed by atoms with Gasteiger partial charge in [0.05, 0.1) is 13.8 Å². The summed E-state index contributed by atoms with van der Waals surface area (Å²) in [5, 5.41) is 0. The molecule has 0 aromatic rings. The summed E-state index contributed by atoms with van der Waals surface area (Å²) in [6.07, 6.45) is 4.86. The largest absolute Gasteiger partial charge is 0.356 e. The molecule has 108 valence electrons. The molecule has 2 atom stereocenters. The maximum absolute atomic E-state index is 6.11. The van der Waals surface area contributed by atoms with Crippen LogP contribution < -0.4 is 0 Å². The molecule has 0 aliphatic carbocycles. The van der Waals surface area contributed by atoms with Gasteiger partial charge in [-0.1, -0.05) is 44.9 Å². The van der Waals surface area contributed by atoms with Gasteiger partial charge < -0.3 is 9.47 Å². The smallest absolute Gasteiger partial charge is 0.154 e. The number of hydrogen-bond donors (Lipinski definition) is 0. The molecule has 0 aliphatic rings. The van der Waals surface area contributed by atoms with Crippen molar-refractivity contribution < 1.29 is 9.47 Å². The number of rotatable bonds is 10. The molecule has 0 saturated heterocycles. The van der Waals surface area contributed by atoms with Crippen molar-refractivity contribution in [2.45, 2.75) is 77.6 Å². The summed E-state index contributed by atoms with van der Waals surface area (Å²) in [5.74, 6) is 0. The monoisotopic (exact) mass is 272 g/mol. The highest BCUT2D eigenvalue weighted by atomic mass is 28.3. The summed E-state index contributed by atoms with van der Waals surface area (Å²) in [7, 11) is 0.283. The molecule has 0 fully saturated rings. The van der Waals surface area contributed by atoms with Crippen LogP contribution in [0.3, 0.4) is 0 Å². The molecule has 0 aromatic heterocycles. The average Bonchev–Trinajstić information content (AvgIpc) is 2.25. The first-order chi connectivity index (χ1) is 8.33. The van der Waals surface area contributed by atoms with Gasteiger partial charge in [0.1, 0.15) is 0 Å². The van der Waals surface area contributed by atoms with E-state index in [4.69, 9.17) is 9.47 Å². The van der Waals surface area contributed by atoms with E-state index in [2.05, 4.69) is 33.5 Å². The lowest BCUT2D eigenvalue weighted by molar-refractivity contribution is -0.127. The Bertz CT molecular complexity index is 239. The van der Waals surface area contributed by atoms with Gasteiger partial charge >= 0.3 is 0 Å². The molecule has 0 bridgehead atoms. The fourth-order valence-corrected chi connectivity index (χ4v) is 5.73. The quantitative estimate of drug-likeness (QED) is 0.247. The first-order valence-corrected chi connectivity index (χ1v) is 10.4. The van der Waals surface area contributed by atoms with Gasteiger partial charge in [0.15, 0.2) is 6.29 Å². The van der Waals surface area contributed by atoms with Crippen LogP contribution in [0, 0.1) is 0 Å². The Morgan fingerprint density at radius 1 is 1.28 bits per heavy atom. The minimum atomic E-state index is -1.43. The second-order valence-electron chi connectivity index (χ2n) is 6.05. The fourth-order valence-electron chi connectivity index (χ4n) is 2.40. The van der Waals surface area contributed by atoms with E-state index in [-0.39, 0.29) is 6.29 Å². The molecule has 0 aromatic carbocycles. The van der Waals surface area contributed by atoms with E-state index in [0.29, 0.717) is 5.73 Å². The zero-order valence-corrected chi connectivity index (χ0v) is 14.2. The van der Waals surface area contributed by atoms with Crippen LogP contribution in [0.5, 0.6) is 0 Å². The molecule has 2 unspecified atom stereocenters. The molecular formula is C15H32O2Si. The summed E-state index contributed by atoms with van der Waals surface area (Å²) in [4.78, 5) is 0. The predicted molar refractivity (Wildman–Crippen MR) is 82.6 cm³/mol. The van der Waals surface area contributed by atoms with Crippen LogP contribution in [0.2, 0.25) is 19.1 Å². The van der Waals surface area contributed by atoms with Crippen LogP contribution in [-0.2, 0) is 9.47 Å². The Hall–Kier alpha value is -0.123. The van der Waals surface area contributed by atoms with Gasteiger partial charge in [0.2, 0.25) is 0 Å². The molecule has 0 amide bonds.